The van der Waals surface area contributed by atoms with Crippen molar-refractivity contribution in [3.8, 4) is 0 Å². The van der Waals surface area contributed by atoms with Crippen molar-refractivity contribution in [1.29, 1.82) is 0 Å². The summed E-state index contributed by atoms with van der Waals surface area (Å²) in [5, 5.41) is 0.496. The summed E-state index contributed by atoms with van der Waals surface area (Å²) in [4.78, 5) is 59.6. The molecule has 4 amide bonds. The fourth-order valence-corrected chi connectivity index (χ4v) is 6.19. The molecule has 3 aliphatic heterocycles. The number of carbonyl (C=O) groups is 4. The summed E-state index contributed by atoms with van der Waals surface area (Å²) in [5.74, 6) is -2.92. The third-order valence-corrected chi connectivity index (χ3v) is 7.86. The van der Waals surface area contributed by atoms with Crippen molar-refractivity contribution in [2.45, 2.75) is 38.4 Å². The molecule has 0 aliphatic carbocycles. The van der Waals surface area contributed by atoms with Crippen LogP contribution in [0.1, 0.15) is 36.2 Å². The number of imide groups is 1. The summed E-state index contributed by atoms with van der Waals surface area (Å²) in [6.45, 7) is 4.54. The standard InChI is InChI=1S/C26H26ClN3O4/c1-3-26-21-20(23(32)29(24(21)33)14-16-8-6-5-7-9-16)19(15-28(4-2)25(26)34)30(26)22(31)17-10-12-18(27)13-11-17/h5-13,19-21H,3-4,14-15H2,1-2H3/t19-,20+,21-,26-/m1/s1. The van der Waals surface area contributed by atoms with Crippen LogP contribution in [0.3, 0.4) is 0 Å². The molecule has 3 aliphatic rings. The van der Waals surface area contributed by atoms with Crippen LogP contribution in [0.25, 0.3) is 0 Å². The van der Waals surface area contributed by atoms with Crippen molar-refractivity contribution >= 4 is 35.2 Å². The number of carbonyl (C=O) groups excluding carboxylic acids is 4. The number of piperazine rings is 1. The molecular formula is C26H26ClN3O4. The van der Waals surface area contributed by atoms with E-state index in [4.69, 9.17) is 11.6 Å². The second-order valence-corrected chi connectivity index (χ2v) is 9.56. The summed E-state index contributed by atoms with van der Waals surface area (Å²) in [6.07, 6.45) is 0.248. The second kappa shape index (κ2) is 8.24. The van der Waals surface area contributed by atoms with E-state index in [1.807, 2.05) is 44.2 Å². The minimum atomic E-state index is -1.39. The average molecular weight is 480 g/mol. The molecule has 0 radical (unpaired) electrons. The summed E-state index contributed by atoms with van der Waals surface area (Å²) in [6, 6.07) is 15.2. The Hall–Kier alpha value is -3.19. The summed E-state index contributed by atoms with van der Waals surface area (Å²) in [7, 11) is 0. The minimum absolute atomic E-state index is 0.162. The average Bonchev–Trinajstić information content (AvgIpc) is 3.24. The number of halogens is 1. The topological polar surface area (TPSA) is 78.0 Å². The quantitative estimate of drug-likeness (QED) is 0.618. The Morgan fingerprint density at radius 3 is 2.29 bits per heavy atom. The molecule has 7 nitrogen and oxygen atoms in total. The molecule has 34 heavy (non-hydrogen) atoms. The van der Waals surface area contributed by atoms with Gasteiger partial charge in [-0.3, -0.25) is 24.1 Å². The van der Waals surface area contributed by atoms with Crippen molar-refractivity contribution < 1.29 is 19.2 Å². The number of nitrogens with zero attached hydrogens (tertiary/aromatic N) is 3. The number of likely N-dealkylation sites (tertiary alicyclic amines) is 2. The van der Waals surface area contributed by atoms with Crippen molar-refractivity contribution in [2.24, 2.45) is 11.8 Å². The molecule has 2 bridgehead atoms. The molecule has 4 atom stereocenters. The molecular weight excluding hydrogens is 454 g/mol. The minimum Gasteiger partial charge on any atom is -0.339 e. The van der Waals surface area contributed by atoms with Gasteiger partial charge in [0.25, 0.3) is 5.91 Å². The van der Waals surface area contributed by atoms with E-state index in [2.05, 4.69) is 0 Å². The van der Waals surface area contributed by atoms with Gasteiger partial charge in [0.2, 0.25) is 17.7 Å². The first kappa shape index (κ1) is 22.6. The van der Waals surface area contributed by atoms with Gasteiger partial charge in [0.1, 0.15) is 5.54 Å². The van der Waals surface area contributed by atoms with Crippen molar-refractivity contribution in [3.63, 3.8) is 0 Å². The molecule has 5 rings (SSSR count). The van der Waals surface area contributed by atoms with Gasteiger partial charge in [0.05, 0.1) is 24.4 Å². The molecule has 8 heteroatoms. The van der Waals surface area contributed by atoms with E-state index in [-0.39, 0.29) is 43.1 Å². The number of fused-ring (bicyclic) bond motifs is 5. The molecule has 0 unspecified atom stereocenters. The number of hydrogen-bond acceptors (Lipinski definition) is 4. The van der Waals surface area contributed by atoms with Gasteiger partial charge in [-0.25, -0.2) is 0 Å². The van der Waals surface area contributed by atoms with Gasteiger partial charge in [-0.05, 0) is 43.2 Å². The van der Waals surface area contributed by atoms with Crippen molar-refractivity contribution in [3.05, 3.63) is 70.7 Å². The Morgan fingerprint density at radius 1 is 1.00 bits per heavy atom. The maximum Gasteiger partial charge on any atom is 0.255 e. The Balaban J connectivity index is 1.59. The largest absolute Gasteiger partial charge is 0.339 e. The predicted molar refractivity (Wildman–Crippen MR) is 126 cm³/mol. The molecule has 2 aromatic rings. The van der Waals surface area contributed by atoms with E-state index in [0.29, 0.717) is 17.1 Å². The Morgan fingerprint density at radius 2 is 1.68 bits per heavy atom. The number of likely N-dealkylation sites (N-methyl/N-ethyl adjacent to an activating group) is 1. The fraction of sp³-hybridized carbons (Fsp3) is 0.385. The van der Waals surface area contributed by atoms with Crippen molar-refractivity contribution in [2.75, 3.05) is 13.1 Å². The zero-order valence-electron chi connectivity index (χ0n) is 19.1. The third kappa shape index (κ3) is 3.03. The number of amides is 4. The van der Waals surface area contributed by atoms with Crippen molar-refractivity contribution in [1.82, 2.24) is 14.7 Å². The lowest BCUT2D eigenvalue weighted by molar-refractivity contribution is -0.157. The van der Waals surface area contributed by atoms with Crippen LogP contribution in [0.15, 0.2) is 54.6 Å². The van der Waals surface area contributed by atoms with Gasteiger partial charge in [0.15, 0.2) is 0 Å². The van der Waals surface area contributed by atoms with Crippen LogP contribution in [0, 0.1) is 11.8 Å². The Bertz CT molecular complexity index is 1170. The summed E-state index contributed by atoms with van der Waals surface area (Å²) >= 11 is 6.01. The van der Waals surface area contributed by atoms with E-state index < -0.39 is 23.4 Å². The monoisotopic (exact) mass is 479 g/mol. The van der Waals surface area contributed by atoms with Crippen LogP contribution in [-0.4, -0.2) is 63.0 Å². The predicted octanol–water partition coefficient (Wildman–Crippen LogP) is 2.98. The van der Waals surface area contributed by atoms with Crippen LogP contribution in [0.5, 0.6) is 0 Å². The SMILES string of the molecule is CCN1C[C@@H]2[C@@H]3C(=O)N(Cc4ccccc4)C(=O)[C@@H]3[C@](CC)(C1=O)N2C(=O)c1ccc(Cl)cc1. The van der Waals surface area contributed by atoms with Gasteiger partial charge in [-0.2, -0.15) is 0 Å². The van der Waals surface area contributed by atoms with E-state index in [0.717, 1.165) is 5.56 Å². The van der Waals surface area contributed by atoms with Crippen LogP contribution < -0.4 is 0 Å². The maximum atomic E-state index is 13.9. The lowest BCUT2D eigenvalue weighted by Gasteiger charge is -2.49. The molecule has 3 fully saturated rings. The van der Waals surface area contributed by atoms with Crippen LogP contribution >= 0.6 is 11.6 Å². The first-order chi connectivity index (χ1) is 16.3. The molecule has 2 aromatic carbocycles. The number of benzene rings is 2. The van der Waals surface area contributed by atoms with Gasteiger partial charge in [-0.1, -0.05) is 48.9 Å². The highest BCUT2D eigenvalue weighted by atomic mass is 35.5. The first-order valence-electron chi connectivity index (χ1n) is 11.6. The molecule has 0 spiro atoms. The first-order valence-corrected chi connectivity index (χ1v) is 12.0. The zero-order valence-corrected chi connectivity index (χ0v) is 19.9. The normalized spacial score (nSPS) is 28.0. The number of rotatable bonds is 5. The van der Waals surface area contributed by atoms with E-state index >= 15 is 0 Å². The zero-order chi connectivity index (χ0) is 24.2. The molecule has 0 N–H and O–H groups in total. The van der Waals surface area contributed by atoms with Crippen LogP contribution in [-0.2, 0) is 20.9 Å². The molecule has 3 saturated heterocycles. The maximum absolute atomic E-state index is 13.9. The highest BCUT2D eigenvalue weighted by molar-refractivity contribution is 6.30. The summed E-state index contributed by atoms with van der Waals surface area (Å²) < 4.78 is 0. The van der Waals surface area contributed by atoms with Crippen LogP contribution in [0.2, 0.25) is 5.02 Å². The second-order valence-electron chi connectivity index (χ2n) is 9.12. The van der Waals surface area contributed by atoms with Gasteiger partial charge < -0.3 is 9.80 Å². The molecule has 176 valence electrons. The number of hydrogen-bond donors (Lipinski definition) is 0. The van der Waals surface area contributed by atoms with Gasteiger partial charge in [0, 0.05) is 23.7 Å². The van der Waals surface area contributed by atoms with Gasteiger partial charge in [-0.15, -0.1) is 0 Å². The Labute approximate surface area is 203 Å². The molecule has 0 saturated carbocycles. The molecule has 3 heterocycles. The third-order valence-electron chi connectivity index (χ3n) is 7.61. The van der Waals surface area contributed by atoms with E-state index in [1.165, 1.54) is 4.90 Å². The molecule has 0 aromatic heterocycles. The van der Waals surface area contributed by atoms with Crippen LogP contribution in [0.4, 0.5) is 0 Å². The highest BCUT2D eigenvalue weighted by Crippen LogP contribution is 2.54. The lowest BCUT2D eigenvalue weighted by atomic mass is 9.78. The summed E-state index contributed by atoms with van der Waals surface area (Å²) in [5.41, 5.74) is -0.167. The van der Waals surface area contributed by atoms with E-state index in [9.17, 15) is 19.2 Å². The Kier molecular flexibility index (Phi) is 5.47. The smallest absolute Gasteiger partial charge is 0.255 e. The lowest BCUT2D eigenvalue weighted by Crippen LogP contribution is -2.69. The van der Waals surface area contributed by atoms with Gasteiger partial charge >= 0.3 is 0 Å². The van der Waals surface area contributed by atoms with E-state index in [1.54, 1.807) is 34.1 Å². The fourth-order valence-electron chi connectivity index (χ4n) is 6.06. The highest BCUT2D eigenvalue weighted by Gasteiger charge is 2.74.